The Morgan fingerprint density at radius 3 is 1.66 bits per heavy atom. The zero-order valence-electron chi connectivity index (χ0n) is 30.0. The Labute approximate surface area is 302 Å². The van der Waals surface area contributed by atoms with Crippen molar-refractivity contribution < 1.29 is 52.2 Å². The van der Waals surface area contributed by atoms with Crippen molar-refractivity contribution in [2.75, 3.05) is 41.7 Å². The predicted octanol–water partition coefficient (Wildman–Crippen LogP) is 5.07. The summed E-state index contributed by atoms with van der Waals surface area (Å²) in [5.41, 5.74) is 1.02. The van der Waals surface area contributed by atoms with Crippen LogP contribution in [0.25, 0.3) is 43.9 Å². The average Bonchev–Trinajstić information content (AvgIpc) is 3.54. The standard InChI is InChI=1S/C20H20O7.C20H18O6/c1-20(23,9-21)15-7-11-13(26-15)8-14(25-3)16-17(22)10-5-4-6-12(24-2)18(10)27-19(11)16;1-20(9-24-20)15-7-11-13(25-15)8-14(23-3)16-17(21)10-5-4-6-12(22-2)18(10)26-19(11)16/h4-6,8,15,21,23H,7,9H2,1-3H3;4-6,8,15H,7,9H2,1-3H3/t15?,20-;/m1./s1. The molecule has 13 heteroatoms. The van der Waals surface area contributed by atoms with E-state index in [-0.39, 0.29) is 29.0 Å². The molecule has 2 N–H and O–H groups in total. The summed E-state index contributed by atoms with van der Waals surface area (Å²) in [5.74, 6) is 2.86. The van der Waals surface area contributed by atoms with Gasteiger partial charge in [0.05, 0.1) is 52.4 Å². The van der Waals surface area contributed by atoms with Crippen molar-refractivity contribution in [1.29, 1.82) is 0 Å². The third-order valence-corrected chi connectivity index (χ3v) is 10.4. The Kier molecular flexibility index (Phi) is 8.20. The molecule has 0 amide bonds. The maximum atomic E-state index is 13.2. The molecule has 13 nitrogen and oxygen atoms in total. The fraction of sp³-hybridized carbons (Fsp3) is 0.350. The number of ether oxygens (including phenoxy) is 7. The Hall–Kier alpha value is -5.50. The molecule has 1 saturated heterocycles. The number of epoxide rings is 1. The van der Waals surface area contributed by atoms with Gasteiger partial charge in [0.1, 0.15) is 68.3 Å². The number of aliphatic hydroxyl groups is 2. The van der Waals surface area contributed by atoms with Crippen LogP contribution < -0.4 is 39.3 Å². The van der Waals surface area contributed by atoms with E-state index in [9.17, 15) is 19.8 Å². The second-order valence-corrected chi connectivity index (χ2v) is 13.8. The lowest BCUT2D eigenvalue weighted by Gasteiger charge is -2.26. The van der Waals surface area contributed by atoms with Crippen LogP contribution in [0.4, 0.5) is 0 Å². The van der Waals surface area contributed by atoms with Gasteiger partial charge in [0, 0.05) is 36.1 Å². The van der Waals surface area contributed by atoms with E-state index >= 15 is 0 Å². The van der Waals surface area contributed by atoms with Crippen molar-refractivity contribution in [3.8, 4) is 34.5 Å². The van der Waals surface area contributed by atoms with Crippen LogP contribution in [-0.2, 0) is 17.6 Å². The summed E-state index contributed by atoms with van der Waals surface area (Å²) >= 11 is 0. The number of fused-ring (bicyclic) bond motifs is 8. The van der Waals surface area contributed by atoms with Gasteiger partial charge >= 0.3 is 0 Å². The van der Waals surface area contributed by atoms with Gasteiger partial charge in [-0.25, -0.2) is 0 Å². The molecule has 0 radical (unpaired) electrons. The van der Waals surface area contributed by atoms with Gasteiger partial charge in [0.25, 0.3) is 0 Å². The van der Waals surface area contributed by atoms with Gasteiger partial charge < -0.3 is 52.2 Å². The molecule has 4 atom stereocenters. The topological polar surface area (TPSA) is 169 Å². The van der Waals surface area contributed by atoms with Gasteiger partial charge in [-0.15, -0.1) is 0 Å². The highest BCUT2D eigenvalue weighted by Crippen LogP contribution is 2.47. The Balaban J connectivity index is 0.000000151. The fourth-order valence-electron chi connectivity index (χ4n) is 7.12. The molecule has 1 fully saturated rings. The maximum absolute atomic E-state index is 13.2. The monoisotopic (exact) mass is 726 g/mol. The summed E-state index contributed by atoms with van der Waals surface area (Å²) in [6.07, 6.45) is 0.126. The van der Waals surface area contributed by atoms with E-state index in [1.165, 1.54) is 28.3 Å². The highest BCUT2D eigenvalue weighted by Gasteiger charge is 2.52. The fourth-order valence-corrected chi connectivity index (χ4v) is 7.12. The van der Waals surface area contributed by atoms with E-state index < -0.39 is 18.3 Å². The molecule has 5 heterocycles. The molecule has 3 aliphatic rings. The van der Waals surface area contributed by atoms with Gasteiger partial charge in [0.15, 0.2) is 22.7 Å². The van der Waals surface area contributed by atoms with Crippen LogP contribution in [0.2, 0.25) is 0 Å². The SMILES string of the molecule is COc1cccc2c(=O)c3c(OC)cc4c(c3oc12)CC(C1(C)CO1)O4.COc1cccc2c(=O)c3c(OC)cc4c(c3oc12)CC([C@](C)(O)CO)O4. The zero-order valence-corrected chi connectivity index (χ0v) is 30.0. The lowest BCUT2D eigenvalue weighted by atomic mass is 9.95. The number of para-hydroxylation sites is 2. The van der Waals surface area contributed by atoms with Gasteiger partial charge in [-0.05, 0) is 38.1 Å². The molecule has 6 aromatic rings. The van der Waals surface area contributed by atoms with Crippen LogP contribution in [0.3, 0.4) is 0 Å². The van der Waals surface area contributed by atoms with Crippen LogP contribution in [0, 0.1) is 0 Å². The van der Waals surface area contributed by atoms with Crippen LogP contribution in [-0.4, -0.2) is 75.3 Å². The third-order valence-electron chi connectivity index (χ3n) is 10.4. The largest absolute Gasteiger partial charge is 0.496 e. The highest BCUT2D eigenvalue weighted by molar-refractivity contribution is 5.99. The number of hydrogen-bond acceptors (Lipinski definition) is 13. The first-order valence-corrected chi connectivity index (χ1v) is 17.0. The molecular formula is C40H38O13. The molecule has 53 heavy (non-hydrogen) atoms. The quantitative estimate of drug-likeness (QED) is 0.166. The second kappa shape index (κ2) is 12.6. The number of benzene rings is 4. The first-order chi connectivity index (χ1) is 25.5. The van der Waals surface area contributed by atoms with Crippen molar-refractivity contribution in [1.82, 2.24) is 0 Å². The van der Waals surface area contributed by atoms with E-state index in [0.29, 0.717) is 97.0 Å². The van der Waals surface area contributed by atoms with Gasteiger partial charge in [0.2, 0.25) is 10.9 Å². The van der Waals surface area contributed by atoms with Crippen molar-refractivity contribution >= 4 is 43.9 Å². The molecule has 9 rings (SSSR count). The lowest BCUT2D eigenvalue weighted by Crippen LogP contribution is -2.45. The van der Waals surface area contributed by atoms with Crippen molar-refractivity contribution in [2.24, 2.45) is 0 Å². The number of hydrogen-bond donors (Lipinski definition) is 2. The minimum atomic E-state index is -1.44. The zero-order chi connectivity index (χ0) is 37.4. The Morgan fingerprint density at radius 2 is 1.21 bits per heavy atom. The summed E-state index contributed by atoms with van der Waals surface area (Å²) in [5, 5.41) is 21.4. The third kappa shape index (κ3) is 5.41. The number of rotatable bonds is 7. The Morgan fingerprint density at radius 1 is 0.736 bits per heavy atom. The van der Waals surface area contributed by atoms with E-state index in [1.54, 1.807) is 55.6 Å². The normalized spacial score (nSPS) is 20.9. The van der Waals surface area contributed by atoms with Crippen molar-refractivity contribution in [3.63, 3.8) is 0 Å². The molecule has 3 unspecified atom stereocenters. The lowest BCUT2D eigenvalue weighted by molar-refractivity contribution is -0.0729. The summed E-state index contributed by atoms with van der Waals surface area (Å²) in [7, 11) is 6.06. The van der Waals surface area contributed by atoms with Crippen LogP contribution in [0.15, 0.2) is 67.0 Å². The van der Waals surface area contributed by atoms with E-state index in [1.807, 2.05) is 6.92 Å². The van der Waals surface area contributed by atoms with Gasteiger partial charge in [-0.1, -0.05) is 12.1 Å². The van der Waals surface area contributed by atoms with E-state index in [0.717, 1.165) is 5.56 Å². The first kappa shape index (κ1) is 34.6. The molecular weight excluding hydrogens is 688 g/mol. The molecule has 0 bridgehead atoms. The first-order valence-electron chi connectivity index (χ1n) is 17.0. The van der Waals surface area contributed by atoms with E-state index in [2.05, 4.69) is 0 Å². The summed E-state index contributed by atoms with van der Waals surface area (Å²) < 4.78 is 51.4. The minimum Gasteiger partial charge on any atom is -0.496 e. The summed E-state index contributed by atoms with van der Waals surface area (Å²) in [6.45, 7) is 3.73. The van der Waals surface area contributed by atoms with E-state index in [4.69, 9.17) is 42.0 Å². The smallest absolute Gasteiger partial charge is 0.204 e. The Bertz CT molecular complexity index is 2560. The van der Waals surface area contributed by atoms with Gasteiger partial charge in [-0.3, -0.25) is 9.59 Å². The number of aliphatic hydroxyl groups excluding tert-OH is 1. The predicted molar refractivity (Wildman–Crippen MR) is 194 cm³/mol. The highest BCUT2D eigenvalue weighted by atomic mass is 16.6. The van der Waals surface area contributed by atoms with Crippen LogP contribution in [0.1, 0.15) is 25.0 Å². The van der Waals surface area contributed by atoms with Crippen LogP contribution >= 0.6 is 0 Å². The van der Waals surface area contributed by atoms with Crippen molar-refractivity contribution in [3.05, 3.63) is 80.1 Å². The van der Waals surface area contributed by atoms with Crippen molar-refractivity contribution in [2.45, 2.75) is 50.1 Å². The average molecular weight is 727 g/mol. The molecule has 3 aliphatic heterocycles. The molecule has 4 aromatic carbocycles. The minimum absolute atomic E-state index is 0.105. The maximum Gasteiger partial charge on any atom is 0.204 e. The van der Waals surface area contributed by atoms with Gasteiger partial charge in [-0.2, -0.15) is 0 Å². The molecule has 2 aromatic heterocycles. The summed E-state index contributed by atoms with van der Waals surface area (Å²) in [6, 6.07) is 13.8. The molecule has 0 aliphatic carbocycles. The molecule has 0 saturated carbocycles. The summed E-state index contributed by atoms with van der Waals surface area (Å²) in [4.78, 5) is 26.3. The molecule has 0 spiro atoms. The second-order valence-electron chi connectivity index (χ2n) is 13.8. The number of methoxy groups -OCH3 is 4. The molecule has 276 valence electrons. The van der Waals surface area contributed by atoms with Crippen LogP contribution in [0.5, 0.6) is 34.5 Å².